The fourth-order valence-corrected chi connectivity index (χ4v) is 1.54. The van der Waals surface area contributed by atoms with Crippen molar-refractivity contribution in [1.29, 1.82) is 0 Å². The minimum Gasteiger partial charge on any atom is -0.235 e. The monoisotopic (exact) mass is 254 g/mol. The molecule has 0 N–H and O–H groups in total. The Labute approximate surface area is 80.1 Å². The predicted molar refractivity (Wildman–Crippen MR) is 41.4 cm³/mol. The molecule has 0 aromatic rings. The van der Waals surface area contributed by atoms with E-state index in [1.54, 1.807) is 0 Å². The fourth-order valence-electron chi connectivity index (χ4n) is 0.480. The van der Waals surface area contributed by atoms with E-state index >= 15 is 0 Å². The summed E-state index contributed by atoms with van der Waals surface area (Å²) in [5.74, 6) is 0. The molecule has 10 heteroatoms. The van der Waals surface area contributed by atoms with Crippen molar-refractivity contribution in [3.63, 3.8) is 0 Å². The van der Waals surface area contributed by atoms with Gasteiger partial charge in [0, 0.05) is 0 Å². The largest absolute Gasteiger partial charge is 0.299 e. The van der Waals surface area contributed by atoms with Crippen LogP contribution in [0.1, 0.15) is 6.92 Å². The van der Waals surface area contributed by atoms with Crippen molar-refractivity contribution in [2.75, 3.05) is 12.0 Å². The number of hydrogen-bond donors (Lipinski definition) is 0. The lowest BCUT2D eigenvalue weighted by molar-refractivity contribution is 0.0320. The van der Waals surface area contributed by atoms with Crippen molar-refractivity contribution >= 4 is 20.2 Å². The first kappa shape index (κ1) is 13.7. The number of alkyl halides is 2. The van der Waals surface area contributed by atoms with Crippen molar-refractivity contribution < 1.29 is 34.0 Å². The van der Waals surface area contributed by atoms with Crippen molar-refractivity contribution in [3.05, 3.63) is 0 Å². The maximum Gasteiger partial charge on any atom is 0.299 e. The summed E-state index contributed by atoms with van der Waals surface area (Å²) in [6.45, 7) is 0.875. The van der Waals surface area contributed by atoms with Gasteiger partial charge in [0.1, 0.15) is 0 Å². The summed E-state index contributed by atoms with van der Waals surface area (Å²) in [7, 11) is -8.96. The highest BCUT2D eigenvalue weighted by atomic mass is 32.2. The topological polar surface area (TPSA) is 86.7 Å². The Kier molecular flexibility index (Phi) is 4.84. The summed E-state index contributed by atoms with van der Waals surface area (Å²) in [5.41, 5.74) is 0. The number of rotatable bonds is 6. The van der Waals surface area contributed by atoms with E-state index in [-0.39, 0.29) is 0 Å². The molecular weight excluding hydrogens is 246 g/mol. The third-order valence-electron chi connectivity index (χ3n) is 0.831. The van der Waals surface area contributed by atoms with Gasteiger partial charge in [-0.3, -0.25) is 0 Å². The average Bonchev–Trinajstić information content (AvgIpc) is 2.02. The fraction of sp³-hybridized carbons (Fsp3) is 1.00. The van der Waals surface area contributed by atoms with Gasteiger partial charge >= 0.3 is 0 Å². The first-order chi connectivity index (χ1) is 6.22. The van der Waals surface area contributed by atoms with Crippen LogP contribution < -0.4 is 0 Å². The minimum atomic E-state index is -4.48. The van der Waals surface area contributed by atoms with E-state index in [9.17, 15) is 25.6 Å². The Balaban J connectivity index is 4.33. The van der Waals surface area contributed by atoms with Gasteiger partial charge in [0.2, 0.25) is 12.0 Å². The van der Waals surface area contributed by atoms with Crippen LogP contribution in [0.3, 0.4) is 0 Å². The molecule has 0 unspecified atom stereocenters. The van der Waals surface area contributed by atoms with Crippen LogP contribution in [-0.4, -0.2) is 35.1 Å². The molecule has 0 atom stereocenters. The minimum absolute atomic E-state index is 0.875. The Morgan fingerprint density at radius 3 is 1.50 bits per heavy atom. The molecule has 0 bridgehead atoms. The van der Waals surface area contributed by atoms with E-state index in [1.165, 1.54) is 0 Å². The van der Waals surface area contributed by atoms with Crippen LogP contribution in [0.25, 0.3) is 0 Å². The van der Waals surface area contributed by atoms with E-state index < -0.39 is 38.5 Å². The van der Waals surface area contributed by atoms with Crippen molar-refractivity contribution in [2.45, 2.75) is 13.2 Å². The lowest BCUT2D eigenvalue weighted by atomic mass is 10.8. The second-order valence-corrected chi connectivity index (χ2v) is 5.15. The van der Waals surface area contributed by atoms with Crippen molar-refractivity contribution in [3.8, 4) is 0 Å². The second-order valence-electron chi connectivity index (χ2n) is 2.09. The van der Waals surface area contributed by atoms with Crippen molar-refractivity contribution in [2.24, 2.45) is 0 Å². The van der Waals surface area contributed by atoms with E-state index in [0.29, 0.717) is 0 Å². The third kappa shape index (κ3) is 5.42. The molecule has 0 aromatic heterocycles. The maximum absolute atomic E-state index is 11.7. The van der Waals surface area contributed by atoms with Gasteiger partial charge in [-0.1, -0.05) is 0 Å². The van der Waals surface area contributed by atoms with Crippen LogP contribution in [0.4, 0.5) is 8.78 Å². The van der Waals surface area contributed by atoms with Gasteiger partial charge in [-0.15, -0.1) is 0 Å². The molecule has 0 aliphatic rings. The van der Waals surface area contributed by atoms with Gasteiger partial charge in [-0.25, -0.2) is 17.1 Å². The summed E-state index contributed by atoms with van der Waals surface area (Å²) >= 11 is 0. The SMILES string of the molecule is CC(OS(=O)(=O)CF)OS(=O)(=O)CF. The smallest absolute Gasteiger partial charge is 0.235 e. The predicted octanol–water partition coefficient (Wildman–Crippen LogP) is -0.121. The molecule has 0 aliphatic heterocycles. The standard InChI is InChI=1S/C4H8F2O6S2/c1-4(11-13(7,8)2-5)12-14(9,10)3-6/h4H,2-3H2,1H3. The van der Waals surface area contributed by atoms with Gasteiger partial charge in [-0.2, -0.15) is 16.8 Å². The van der Waals surface area contributed by atoms with Gasteiger partial charge in [0.05, 0.1) is 0 Å². The summed E-state index contributed by atoms with van der Waals surface area (Å²) in [5, 5.41) is 0. The first-order valence-corrected chi connectivity index (χ1v) is 6.32. The van der Waals surface area contributed by atoms with E-state index in [1.807, 2.05) is 0 Å². The Hall–Kier alpha value is -0.320. The van der Waals surface area contributed by atoms with Crippen LogP contribution >= 0.6 is 0 Å². The zero-order chi connectivity index (χ0) is 11.4. The lowest BCUT2D eigenvalue weighted by Crippen LogP contribution is -2.23. The summed E-state index contributed by atoms with van der Waals surface area (Å²) < 4.78 is 72.7. The summed E-state index contributed by atoms with van der Waals surface area (Å²) in [6.07, 6.45) is -1.79. The van der Waals surface area contributed by atoms with E-state index in [4.69, 9.17) is 0 Å². The Morgan fingerprint density at radius 2 is 1.29 bits per heavy atom. The van der Waals surface area contributed by atoms with E-state index in [0.717, 1.165) is 6.92 Å². The molecule has 0 rings (SSSR count). The number of halogens is 2. The number of hydrogen-bond acceptors (Lipinski definition) is 6. The van der Waals surface area contributed by atoms with Crippen LogP contribution in [0, 0.1) is 0 Å². The highest BCUT2D eigenvalue weighted by Gasteiger charge is 2.21. The third-order valence-corrected chi connectivity index (χ3v) is 2.49. The molecule has 0 aliphatic carbocycles. The molecule has 0 spiro atoms. The van der Waals surface area contributed by atoms with Crippen molar-refractivity contribution in [1.82, 2.24) is 0 Å². The summed E-state index contributed by atoms with van der Waals surface area (Å²) in [4.78, 5) is 0. The quantitative estimate of drug-likeness (QED) is 0.485. The van der Waals surface area contributed by atoms with Crippen LogP contribution in [-0.2, 0) is 28.6 Å². The zero-order valence-electron chi connectivity index (χ0n) is 7.01. The normalized spacial score (nSPS) is 13.4. The molecule has 14 heavy (non-hydrogen) atoms. The van der Waals surface area contributed by atoms with Gasteiger partial charge in [0.15, 0.2) is 6.29 Å². The first-order valence-electron chi connectivity index (χ1n) is 3.16. The molecule has 0 amide bonds. The Bertz CT molecular complexity index is 323. The Morgan fingerprint density at radius 1 is 1.00 bits per heavy atom. The van der Waals surface area contributed by atoms with Gasteiger partial charge < -0.3 is 0 Å². The molecular formula is C4H8F2O6S2. The molecule has 86 valence electrons. The zero-order valence-corrected chi connectivity index (χ0v) is 8.65. The van der Waals surface area contributed by atoms with Gasteiger partial charge in [-0.05, 0) is 6.92 Å². The molecule has 0 fully saturated rings. The highest BCUT2D eigenvalue weighted by molar-refractivity contribution is 7.87. The summed E-state index contributed by atoms with van der Waals surface area (Å²) in [6, 6.07) is -3.65. The molecule has 0 heterocycles. The van der Waals surface area contributed by atoms with Crippen LogP contribution in [0.2, 0.25) is 0 Å². The highest BCUT2D eigenvalue weighted by Crippen LogP contribution is 2.06. The molecule has 6 nitrogen and oxygen atoms in total. The molecule has 0 saturated carbocycles. The second kappa shape index (κ2) is 4.96. The van der Waals surface area contributed by atoms with Gasteiger partial charge in [0.25, 0.3) is 20.2 Å². The molecule has 0 saturated heterocycles. The van der Waals surface area contributed by atoms with E-state index in [2.05, 4.69) is 8.37 Å². The lowest BCUT2D eigenvalue weighted by Gasteiger charge is -2.10. The average molecular weight is 254 g/mol. The van der Waals surface area contributed by atoms with Crippen LogP contribution in [0.15, 0.2) is 0 Å². The maximum atomic E-state index is 11.7. The molecule has 0 radical (unpaired) electrons. The van der Waals surface area contributed by atoms with Crippen LogP contribution in [0.5, 0.6) is 0 Å². The molecule has 0 aromatic carbocycles.